The van der Waals surface area contributed by atoms with Crippen LogP contribution in [0.25, 0.3) is 22.3 Å². The molecule has 0 unspecified atom stereocenters. The van der Waals surface area contributed by atoms with Gasteiger partial charge in [-0.05, 0) is 217 Å². The number of hydrogen-bond donors (Lipinski definition) is 0. The molecule has 5 aromatic rings. The number of anilines is 3. The van der Waals surface area contributed by atoms with Gasteiger partial charge in [-0.1, -0.05) is 98.8 Å². The summed E-state index contributed by atoms with van der Waals surface area (Å²) in [6.45, 7) is 4.64. The Labute approximate surface area is 337 Å². The zero-order chi connectivity index (χ0) is 37.4. The molecule has 8 saturated carbocycles. The molecular formula is C55H61N. The van der Waals surface area contributed by atoms with Gasteiger partial charge in [-0.2, -0.15) is 0 Å². The van der Waals surface area contributed by atoms with Crippen molar-refractivity contribution in [2.75, 3.05) is 4.90 Å². The van der Waals surface area contributed by atoms with Crippen LogP contribution in [0, 0.1) is 41.4 Å². The predicted octanol–water partition coefficient (Wildman–Crippen LogP) is 15.0. The van der Waals surface area contributed by atoms with Gasteiger partial charge in [0.2, 0.25) is 0 Å². The molecule has 5 aromatic carbocycles. The van der Waals surface area contributed by atoms with Gasteiger partial charge in [0, 0.05) is 17.1 Å². The number of rotatable bonds is 10. The van der Waals surface area contributed by atoms with E-state index in [-0.39, 0.29) is 0 Å². The van der Waals surface area contributed by atoms with Crippen molar-refractivity contribution in [1.29, 1.82) is 0 Å². The summed E-state index contributed by atoms with van der Waals surface area (Å²) in [7, 11) is 0. The van der Waals surface area contributed by atoms with Crippen molar-refractivity contribution in [3.05, 3.63) is 138 Å². The second-order valence-electron chi connectivity index (χ2n) is 20.6. The average molecular weight is 736 g/mol. The van der Waals surface area contributed by atoms with Crippen LogP contribution in [0.4, 0.5) is 17.1 Å². The summed E-state index contributed by atoms with van der Waals surface area (Å²) >= 11 is 0. The third kappa shape index (κ3) is 6.37. The summed E-state index contributed by atoms with van der Waals surface area (Å²) in [5.74, 6) is 6.42. The van der Waals surface area contributed by atoms with E-state index in [1.54, 1.807) is 11.1 Å². The van der Waals surface area contributed by atoms with Crippen LogP contribution in [0.5, 0.6) is 0 Å². The van der Waals surface area contributed by atoms with Crippen molar-refractivity contribution in [1.82, 2.24) is 0 Å². The number of nitrogens with zero attached hydrogens (tertiary/aromatic N) is 1. The third-order valence-electron chi connectivity index (χ3n) is 16.1. The lowest BCUT2D eigenvalue weighted by Crippen LogP contribution is -2.48. The van der Waals surface area contributed by atoms with E-state index in [2.05, 4.69) is 140 Å². The summed E-state index contributed by atoms with van der Waals surface area (Å²) in [5.41, 5.74) is 14.5. The Morgan fingerprint density at radius 3 is 1.36 bits per heavy atom. The lowest BCUT2D eigenvalue weighted by Gasteiger charge is -2.57. The van der Waals surface area contributed by atoms with Crippen LogP contribution in [-0.4, -0.2) is 0 Å². The van der Waals surface area contributed by atoms with Gasteiger partial charge in [0.05, 0.1) is 0 Å². The fourth-order valence-corrected chi connectivity index (χ4v) is 14.3. The first kappa shape index (κ1) is 35.1. The van der Waals surface area contributed by atoms with Crippen LogP contribution < -0.4 is 4.90 Å². The van der Waals surface area contributed by atoms with E-state index in [1.165, 1.54) is 128 Å². The van der Waals surface area contributed by atoms with Gasteiger partial charge in [0.15, 0.2) is 0 Å². The molecule has 0 aliphatic heterocycles. The molecule has 0 atom stereocenters. The first-order valence-corrected chi connectivity index (χ1v) is 22.7. The summed E-state index contributed by atoms with van der Waals surface area (Å²) in [5, 5.41) is 0. The molecule has 1 heteroatoms. The Bertz CT molecular complexity index is 2130. The number of aryl methyl sites for hydroxylation is 1. The summed E-state index contributed by atoms with van der Waals surface area (Å²) in [4.78, 5) is 2.53. The molecule has 56 heavy (non-hydrogen) atoms. The summed E-state index contributed by atoms with van der Waals surface area (Å²) in [6, 6.07) is 47.7. The van der Waals surface area contributed by atoms with Gasteiger partial charge in [0.1, 0.15) is 0 Å². The van der Waals surface area contributed by atoms with E-state index in [9.17, 15) is 0 Å². The van der Waals surface area contributed by atoms with E-state index in [4.69, 9.17) is 0 Å². The van der Waals surface area contributed by atoms with Crippen molar-refractivity contribution in [2.24, 2.45) is 41.4 Å². The highest BCUT2D eigenvalue weighted by Crippen LogP contribution is 2.62. The monoisotopic (exact) mass is 735 g/mol. The van der Waals surface area contributed by atoms with Crippen molar-refractivity contribution >= 4 is 17.1 Å². The zero-order valence-corrected chi connectivity index (χ0v) is 33.9. The first-order chi connectivity index (χ1) is 27.3. The standard InChI is InChI=1S/C55H61N/c1-37(2)12-13-38-6-3-7-47(28-38)45-14-18-51(19-15-45)56(53-11-5-10-50(30-53)55-34-42-25-43(35-55)27-44(26-42)36-55)52-20-16-46(17-21-52)48-8-4-9-49(29-48)54-31-39-22-40(32-54)24-41(23-39)33-54/h3-11,14-21,28-30,37,39-44H,12-13,22-27,31-36H2,1-2H3. The van der Waals surface area contributed by atoms with E-state index in [0.29, 0.717) is 10.8 Å². The van der Waals surface area contributed by atoms with Crippen molar-refractivity contribution in [3.63, 3.8) is 0 Å². The van der Waals surface area contributed by atoms with Gasteiger partial charge in [0.25, 0.3) is 0 Å². The Morgan fingerprint density at radius 1 is 0.446 bits per heavy atom. The largest absolute Gasteiger partial charge is 0.310 e. The molecule has 8 aliphatic rings. The maximum Gasteiger partial charge on any atom is 0.0464 e. The maximum absolute atomic E-state index is 2.59. The normalized spacial score (nSPS) is 31.0. The second-order valence-corrected chi connectivity index (χ2v) is 20.6. The average Bonchev–Trinajstić information content (AvgIpc) is 3.20. The van der Waals surface area contributed by atoms with E-state index in [1.807, 2.05) is 0 Å². The molecule has 0 radical (unpaired) electrons. The van der Waals surface area contributed by atoms with Crippen LogP contribution >= 0.6 is 0 Å². The van der Waals surface area contributed by atoms with Gasteiger partial charge in [-0.25, -0.2) is 0 Å². The molecule has 0 heterocycles. The molecule has 0 aromatic heterocycles. The molecule has 8 fully saturated rings. The van der Waals surface area contributed by atoms with Gasteiger partial charge in [-0.3, -0.25) is 0 Å². The Morgan fingerprint density at radius 2 is 0.875 bits per heavy atom. The minimum absolute atomic E-state index is 0.368. The van der Waals surface area contributed by atoms with Gasteiger partial charge >= 0.3 is 0 Å². The molecular weight excluding hydrogens is 675 g/mol. The van der Waals surface area contributed by atoms with Crippen LogP contribution in [-0.2, 0) is 17.3 Å². The second kappa shape index (κ2) is 13.8. The fraction of sp³-hybridized carbons (Fsp3) is 0.455. The molecule has 0 amide bonds. The third-order valence-corrected chi connectivity index (χ3v) is 16.1. The molecule has 0 N–H and O–H groups in total. The van der Waals surface area contributed by atoms with Gasteiger partial charge < -0.3 is 4.90 Å². The highest BCUT2D eigenvalue weighted by molar-refractivity contribution is 5.80. The quantitative estimate of drug-likeness (QED) is 0.138. The minimum atomic E-state index is 0.368. The van der Waals surface area contributed by atoms with E-state index in [0.717, 1.165) is 47.8 Å². The number of hydrogen-bond acceptors (Lipinski definition) is 1. The van der Waals surface area contributed by atoms with Crippen molar-refractivity contribution in [2.45, 2.75) is 115 Å². The molecule has 8 bridgehead atoms. The Kier molecular flexibility index (Phi) is 8.64. The van der Waals surface area contributed by atoms with Crippen LogP contribution in [0.15, 0.2) is 121 Å². The molecule has 13 rings (SSSR count). The maximum atomic E-state index is 2.59. The molecule has 0 saturated heterocycles. The first-order valence-electron chi connectivity index (χ1n) is 22.7. The summed E-state index contributed by atoms with van der Waals surface area (Å²) in [6.07, 6.45) is 19.7. The van der Waals surface area contributed by atoms with Crippen LogP contribution in [0.1, 0.15) is 114 Å². The van der Waals surface area contributed by atoms with Crippen molar-refractivity contribution in [3.8, 4) is 22.3 Å². The molecule has 286 valence electrons. The molecule has 1 nitrogen and oxygen atoms in total. The van der Waals surface area contributed by atoms with Crippen LogP contribution in [0.3, 0.4) is 0 Å². The minimum Gasteiger partial charge on any atom is -0.310 e. The zero-order valence-electron chi connectivity index (χ0n) is 33.9. The lowest BCUT2D eigenvalue weighted by molar-refractivity contribution is -0.00528. The molecule has 8 aliphatic carbocycles. The number of benzene rings is 5. The Hall–Kier alpha value is -4.10. The van der Waals surface area contributed by atoms with Gasteiger partial charge in [-0.15, -0.1) is 0 Å². The molecule has 0 spiro atoms. The Balaban J connectivity index is 0.933. The lowest BCUT2D eigenvalue weighted by atomic mass is 9.48. The van der Waals surface area contributed by atoms with Crippen molar-refractivity contribution < 1.29 is 0 Å². The fourth-order valence-electron chi connectivity index (χ4n) is 14.3. The summed E-state index contributed by atoms with van der Waals surface area (Å²) < 4.78 is 0. The SMILES string of the molecule is CC(C)CCc1cccc(-c2ccc(N(c3ccc(-c4cccc(C56CC7CC(CC(C7)C5)C6)c4)cc3)c3cccc(C45CC6CC(CC(C6)C4)C5)c3)cc2)c1. The predicted molar refractivity (Wildman–Crippen MR) is 235 cm³/mol. The highest BCUT2D eigenvalue weighted by Gasteiger charge is 2.52. The van der Waals surface area contributed by atoms with E-state index >= 15 is 0 Å². The topological polar surface area (TPSA) is 3.24 Å². The highest BCUT2D eigenvalue weighted by atomic mass is 15.1. The van der Waals surface area contributed by atoms with Crippen LogP contribution in [0.2, 0.25) is 0 Å². The van der Waals surface area contributed by atoms with E-state index < -0.39 is 0 Å². The smallest absolute Gasteiger partial charge is 0.0464 e.